The summed E-state index contributed by atoms with van der Waals surface area (Å²) < 4.78 is 11.7. The number of likely N-dealkylation sites (tertiary alicyclic amines) is 1. The van der Waals surface area contributed by atoms with Crippen LogP contribution in [0.2, 0.25) is 0 Å². The summed E-state index contributed by atoms with van der Waals surface area (Å²) in [5.74, 6) is 1.93. The van der Waals surface area contributed by atoms with Crippen LogP contribution in [0.4, 0.5) is 0 Å². The van der Waals surface area contributed by atoms with Crippen molar-refractivity contribution in [2.45, 2.75) is 52.4 Å². The Morgan fingerprint density at radius 2 is 1.68 bits per heavy atom. The number of amides is 1. The maximum atomic E-state index is 13.1. The maximum absolute atomic E-state index is 13.1. The van der Waals surface area contributed by atoms with Crippen molar-refractivity contribution in [2.75, 3.05) is 33.9 Å². The summed E-state index contributed by atoms with van der Waals surface area (Å²) in [6.07, 6.45) is 9.74. The van der Waals surface area contributed by atoms with E-state index in [4.69, 9.17) is 15.2 Å². The number of methoxy groups -OCH3 is 2. The van der Waals surface area contributed by atoms with Crippen LogP contribution in [0.5, 0.6) is 0 Å². The second-order valence-corrected chi connectivity index (χ2v) is 7.23. The minimum Gasteiger partial charge on any atom is -0.500 e. The fourth-order valence-corrected chi connectivity index (χ4v) is 4.47. The van der Waals surface area contributed by atoms with E-state index in [1.54, 1.807) is 14.2 Å². The van der Waals surface area contributed by atoms with Gasteiger partial charge in [-0.25, -0.2) is 0 Å². The molecule has 25 heavy (non-hydrogen) atoms. The average Bonchev–Trinajstić information content (AvgIpc) is 2.91. The third-order valence-electron chi connectivity index (χ3n) is 5.63. The van der Waals surface area contributed by atoms with Gasteiger partial charge in [-0.05, 0) is 44.4 Å². The summed E-state index contributed by atoms with van der Waals surface area (Å²) in [6, 6.07) is 0. The van der Waals surface area contributed by atoms with Gasteiger partial charge in [-0.1, -0.05) is 26.7 Å². The topological polar surface area (TPSA) is 64.8 Å². The highest BCUT2D eigenvalue weighted by Crippen LogP contribution is 2.53. The molecule has 1 spiro atoms. The molecule has 1 heterocycles. The molecule has 0 atom stereocenters. The molecule has 0 aromatic carbocycles. The van der Waals surface area contributed by atoms with Crippen LogP contribution in [0.3, 0.4) is 0 Å². The maximum Gasteiger partial charge on any atom is 0.236 e. The summed E-state index contributed by atoms with van der Waals surface area (Å²) in [5.41, 5.74) is 4.73. The van der Waals surface area contributed by atoms with E-state index in [9.17, 15) is 4.79 Å². The van der Waals surface area contributed by atoms with Gasteiger partial charge in [-0.3, -0.25) is 4.79 Å². The van der Waals surface area contributed by atoms with Crippen LogP contribution in [0.1, 0.15) is 52.4 Å². The van der Waals surface area contributed by atoms with Gasteiger partial charge in [-0.15, -0.1) is 0 Å². The predicted octanol–water partition coefficient (Wildman–Crippen LogP) is 3.21. The van der Waals surface area contributed by atoms with Crippen LogP contribution in [-0.2, 0) is 14.3 Å². The normalized spacial score (nSPS) is 21.3. The lowest BCUT2D eigenvalue weighted by molar-refractivity contribution is -0.132. The smallest absolute Gasteiger partial charge is 0.236 e. The van der Waals surface area contributed by atoms with Crippen molar-refractivity contribution < 1.29 is 14.3 Å². The molecular weight excluding hydrogens is 316 g/mol. The van der Waals surface area contributed by atoms with E-state index in [-0.39, 0.29) is 11.3 Å². The van der Waals surface area contributed by atoms with Crippen LogP contribution in [0, 0.1) is 10.8 Å². The Balaban J connectivity index is 2.44. The number of nitrogens with two attached hydrogens (primary N) is 1. The zero-order valence-electron chi connectivity index (χ0n) is 16.3. The number of carbonyl (C=O) groups is 1. The van der Waals surface area contributed by atoms with Crippen molar-refractivity contribution in [3.05, 3.63) is 23.7 Å². The summed E-state index contributed by atoms with van der Waals surface area (Å²) in [7, 11) is 3.42. The van der Waals surface area contributed by atoms with Gasteiger partial charge in [-0.2, -0.15) is 0 Å². The van der Waals surface area contributed by atoms with Gasteiger partial charge in [0.25, 0.3) is 0 Å². The molecule has 2 N–H and O–H groups in total. The Bertz CT molecular complexity index is 509. The highest BCUT2D eigenvalue weighted by molar-refractivity contribution is 5.89. The van der Waals surface area contributed by atoms with Crippen LogP contribution < -0.4 is 5.73 Å². The molecule has 1 aliphatic carbocycles. The number of hydrogen-bond acceptors (Lipinski definition) is 4. The van der Waals surface area contributed by atoms with E-state index < -0.39 is 5.41 Å². The van der Waals surface area contributed by atoms with Gasteiger partial charge in [0.2, 0.25) is 5.91 Å². The molecule has 142 valence electrons. The lowest BCUT2D eigenvalue weighted by Crippen LogP contribution is -2.40. The fourth-order valence-electron chi connectivity index (χ4n) is 4.47. The zero-order valence-corrected chi connectivity index (χ0v) is 16.3. The Hall–Kier alpha value is -1.49. The van der Waals surface area contributed by atoms with E-state index in [0.717, 1.165) is 63.1 Å². The molecule has 1 saturated heterocycles. The second-order valence-electron chi connectivity index (χ2n) is 7.23. The first kappa shape index (κ1) is 19.8. The Kier molecular flexibility index (Phi) is 6.55. The van der Waals surface area contributed by atoms with Crippen molar-refractivity contribution in [3.63, 3.8) is 0 Å². The number of carbonyl (C=O) groups excluding carboxylic acids is 1. The molecule has 1 amide bonds. The third-order valence-corrected chi connectivity index (χ3v) is 5.63. The van der Waals surface area contributed by atoms with E-state index >= 15 is 0 Å². The molecule has 0 bridgehead atoms. The van der Waals surface area contributed by atoms with Gasteiger partial charge in [0.05, 0.1) is 25.0 Å². The third kappa shape index (κ3) is 3.43. The molecule has 1 aliphatic heterocycles. The number of hydrogen-bond donors (Lipinski definition) is 1. The molecule has 5 heteroatoms. The van der Waals surface area contributed by atoms with E-state index in [2.05, 4.69) is 26.0 Å². The quantitative estimate of drug-likeness (QED) is 0.693. The number of rotatable bonds is 9. The molecule has 2 rings (SSSR count). The molecule has 0 unspecified atom stereocenters. The first-order chi connectivity index (χ1) is 12.0. The van der Waals surface area contributed by atoms with E-state index in [1.807, 2.05) is 4.90 Å². The fraction of sp³-hybridized carbons (Fsp3) is 0.750. The summed E-state index contributed by atoms with van der Waals surface area (Å²) in [6.45, 7) is 6.44. The van der Waals surface area contributed by atoms with E-state index in [0.29, 0.717) is 6.54 Å². The molecule has 2 aliphatic rings. The first-order valence-electron chi connectivity index (χ1n) is 9.57. The molecule has 1 fully saturated rings. The largest absolute Gasteiger partial charge is 0.500 e. The van der Waals surface area contributed by atoms with Gasteiger partial charge >= 0.3 is 0 Å². The standard InChI is InChI=1S/C20H34N2O3/c1-5-8-20(9-6-2)16(24-3)14-19(15-17(20)25-4)10-13-22(18(19)23)12-7-11-21/h14-15H,5-13,21H2,1-4H3. The Morgan fingerprint density at radius 3 is 2.12 bits per heavy atom. The van der Waals surface area contributed by atoms with Crippen molar-refractivity contribution >= 4 is 5.91 Å². The van der Waals surface area contributed by atoms with Crippen LogP contribution in [0.15, 0.2) is 23.7 Å². The summed E-state index contributed by atoms with van der Waals surface area (Å²) in [5, 5.41) is 0. The molecular formula is C20H34N2O3. The van der Waals surface area contributed by atoms with Gasteiger partial charge < -0.3 is 20.1 Å². The highest BCUT2D eigenvalue weighted by atomic mass is 16.5. The minimum atomic E-state index is -0.629. The lowest BCUT2D eigenvalue weighted by Gasteiger charge is -2.41. The van der Waals surface area contributed by atoms with Crippen LogP contribution in [0.25, 0.3) is 0 Å². The predicted molar refractivity (Wildman–Crippen MR) is 99.7 cm³/mol. The van der Waals surface area contributed by atoms with Crippen molar-refractivity contribution in [1.29, 1.82) is 0 Å². The Morgan fingerprint density at radius 1 is 1.12 bits per heavy atom. The van der Waals surface area contributed by atoms with Gasteiger partial charge in [0.1, 0.15) is 11.5 Å². The lowest BCUT2D eigenvalue weighted by atomic mass is 9.67. The van der Waals surface area contributed by atoms with Gasteiger partial charge in [0.15, 0.2) is 0 Å². The monoisotopic (exact) mass is 350 g/mol. The molecule has 0 radical (unpaired) electrons. The SMILES string of the molecule is CCCC1(CCC)C(OC)=CC2(C=C1OC)CCN(CCCN)C2=O. The number of ether oxygens (including phenoxy) is 2. The van der Waals surface area contributed by atoms with Crippen molar-refractivity contribution in [3.8, 4) is 0 Å². The Labute approximate surface area is 152 Å². The summed E-state index contributed by atoms with van der Waals surface area (Å²) in [4.78, 5) is 15.0. The molecule has 0 saturated carbocycles. The van der Waals surface area contributed by atoms with Crippen molar-refractivity contribution in [1.82, 2.24) is 4.90 Å². The highest BCUT2D eigenvalue weighted by Gasteiger charge is 2.52. The van der Waals surface area contributed by atoms with Crippen LogP contribution in [-0.4, -0.2) is 44.7 Å². The minimum absolute atomic E-state index is 0.145. The zero-order chi connectivity index (χ0) is 18.5. The molecule has 0 aromatic rings. The van der Waals surface area contributed by atoms with Crippen LogP contribution >= 0.6 is 0 Å². The first-order valence-corrected chi connectivity index (χ1v) is 9.57. The second kappa shape index (κ2) is 8.26. The molecule has 0 aromatic heterocycles. The van der Waals surface area contributed by atoms with Gasteiger partial charge in [0, 0.05) is 13.1 Å². The van der Waals surface area contributed by atoms with Crippen molar-refractivity contribution in [2.24, 2.45) is 16.6 Å². The summed E-state index contributed by atoms with van der Waals surface area (Å²) >= 11 is 0. The average molecular weight is 351 g/mol. The van der Waals surface area contributed by atoms with E-state index in [1.165, 1.54) is 0 Å². The number of nitrogens with zero attached hydrogens (tertiary/aromatic N) is 1. The molecule has 5 nitrogen and oxygen atoms in total.